The monoisotopic (exact) mass is 685 g/mol. The van der Waals surface area contributed by atoms with Crippen LogP contribution >= 0.6 is 0 Å². The van der Waals surface area contributed by atoms with Gasteiger partial charge in [0.1, 0.15) is 12.4 Å². The van der Waals surface area contributed by atoms with E-state index in [1.165, 1.54) is 31.2 Å². The Balaban J connectivity index is 1.39. The van der Waals surface area contributed by atoms with Crippen LogP contribution in [0.4, 0.5) is 5.69 Å². The first-order valence-electron chi connectivity index (χ1n) is 15.8. The van der Waals surface area contributed by atoms with Crippen molar-refractivity contribution >= 4 is 33.2 Å². The molecule has 3 amide bonds. The number of sulfone groups is 1. The third kappa shape index (κ3) is 7.39. The number of nitrogens with one attached hydrogen (secondary N) is 1. The van der Waals surface area contributed by atoms with Gasteiger partial charge in [-0.25, -0.2) is 8.42 Å². The van der Waals surface area contributed by atoms with Gasteiger partial charge >= 0.3 is 0 Å². The smallest absolute Gasteiger partial charge is 0.250 e. The van der Waals surface area contributed by atoms with E-state index in [0.717, 1.165) is 16.0 Å². The fourth-order valence-corrected chi connectivity index (χ4v) is 7.94. The lowest BCUT2D eigenvalue weighted by atomic mass is 10.0. The van der Waals surface area contributed by atoms with Gasteiger partial charge in [-0.3, -0.25) is 19.3 Å². The number of nitrogens with two attached hydrogens (primary N) is 1. The Morgan fingerprint density at radius 1 is 0.898 bits per heavy atom. The Morgan fingerprint density at radius 2 is 1.63 bits per heavy atom. The van der Waals surface area contributed by atoms with E-state index < -0.39 is 44.1 Å². The molecule has 0 bridgehead atoms. The van der Waals surface area contributed by atoms with Crippen molar-refractivity contribution < 1.29 is 37.0 Å². The summed E-state index contributed by atoms with van der Waals surface area (Å²) in [5.74, 6) is -0.470. The average Bonchev–Trinajstić information content (AvgIpc) is 3.25. The van der Waals surface area contributed by atoms with Crippen LogP contribution in [0.25, 0.3) is 0 Å². The molecular formula is C37H39N3O8S. The maximum atomic E-state index is 14.4. The van der Waals surface area contributed by atoms with E-state index in [2.05, 4.69) is 5.32 Å². The molecule has 256 valence electrons. The average molecular weight is 686 g/mol. The van der Waals surface area contributed by atoms with Crippen LogP contribution in [0.3, 0.4) is 0 Å². The summed E-state index contributed by atoms with van der Waals surface area (Å²) >= 11 is 0. The third-order valence-corrected chi connectivity index (χ3v) is 11.1. The molecule has 0 saturated carbocycles. The minimum atomic E-state index is -4.39. The summed E-state index contributed by atoms with van der Waals surface area (Å²) in [6.07, 6.45) is -0.178. The normalized spacial score (nSPS) is 18.1. The van der Waals surface area contributed by atoms with Crippen LogP contribution < -0.4 is 30.2 Å². The molecule has 12 heteroatoms. The Kier molecular flexibility index (Phi) is 10.6. The summed E-state index contributed by atoms with van der Waals surface area (Å²) in [5, 5.41) is 1.28. The number of methoxy groups -OCH3 is 1. The zero-order valence-corrected chi connectivity index (χ0v) is 28.4. The minimum Gasteiger partial charge on any atom is -0.493 e. The van der Waals surface area contributed by atoms with Gasteiger partial charge in [0.15, 0.2) is 31.5 Å². The topological polar surface area (TPSA) is 154 Å². The summed E-state index contributed by atoms with van der Waals surface area (Å²) in [5.41, 5.74) is 7.89. The molecule has 0 aromatic heterocycles. The van der Waals surface area contributed by atoms with E-state index in [9.17, 15) is 22.8 Å². The number of hydrogen-bond acceptors (Lipinski definition) is 8. The first-order valence-corrected chi connectivity index (χ1v) is 17.3. The Labute approximate surface area is 285 Å². The third-order valence-electron chi connectivity index (χ3n) is 8.41. The molecular weight excluding hydrogens is 646 g/mol. The molecule has 0 radical (unpaired) electrons. The molecule has 1 aliphatic heterocycles. The number of carbonyl (C=O) groups is 3. The van der Waals surface area contributed by atoms with Crippen LogP contribution in [0, 0.1) is 0 Å². The SMILES string of the molecule is CCOc1cc(CCNC(=O)C[C@]2(C)C(=O)N(c3cccc(C(N)=O)c3)[C@H](c3ccc(OCc4ccccc4)cc3)S2(=O)=O)ccc1OC. The van der Waals surface area contributed by atoms with Crippen molar-refractivity contribution in [2.24, 2.45) is 5.73 Å². The van der Waals surface area contributed by atoms with Gasteiger partial charge in [0.25, 0.3) is 0 Å². The fourth-order valence-electron chi connectivity index (χ4n) is 5.76. The first-order chi connectivity index (χ1) is 23.5. The van der Waals surface area contributed by atoms with Crippen molar-refractivity contribution in [3.8, 4) is 17.2 Å². The largest absolute Gasteiger partial charge is 0.493 e. The van der Waals surface area contributed by atoms with E-state index in [4.69, 9.17) is 19.9 Å². The van der Waals surface area contributed by atoms with E-state index >= 15 is 0 Å². The fraction of sp³-hybridized carbons (Fsp3) is 0.270. The van der Waals surface area contributed by atoms with E-state index in [-0.39, 0.29) is 17.8 Å². The number of rotatable bonds is 14. The zero-order chi connectivity index (χ0) is 35.2. The Hall–Kier alpha value is -5.36. The van der Waals surface area contributed by atoms with Crippen LogP contribution in [0.5, 0.6) is 17.2 Å². The van der Waals surface area contributed by atoms with Crippen molar-refractivity contribution in [1.82, 2.24) is 5.32 Å². The molecule has 49 heavy (non-hydrogen) atoms. The number of anilines is 1. The van der Waals surface area contributed by atoms with E-state index in [1.807, 2.05) is 49.4 Å². The van der Waals surface area contributed by atoms with Gasteiger partial charge in [-0.2, -0.15) is 0 Å². The van der Waals surface area contributed by atoms with Gasteiger partial charge in [0.05, 0.1) is 20.1 Å². The number of ether oxygens (including phenoxy) is 3. The molecule has 1 fully saturated rings. The maximum absolute atomic E-state index is 14.4. The van der Waals surface area contributed by atoms with Gasteiger partial charge in [-0.05, 0) is 79.4 Å². The van der Waals surface area contributed by atoms with Crippen LogP contribution in [0.2, 0.25) is 0 Å². The molecule has 1 saturated heterocycles. The van der Waals surface area contributed by atoms with Gasteiger partial charge in [0, 0.05) is 17.8 Å². The van der Waals surface area contributed by atoms with Gasteiger partial charge < -0.3 is 25.3 Å². The molecule has 11 nitrogen and oxygen atoms in total. The first kappa shape index (κ1) is 35.0. The van der Waals surface area contributed by atoms with E-state index in [0.29, 0.717) is 42.4 Å². The van der Waals surface area contributed by atoms with Crippen LogP contribution in [0.15, 0.2) is 97.1 Å². The predicted molar refractivity (Wildman–Crippen MR) is 185 cm³/mol. The molecule has 5 rings (SSSR count). The maximum Gasteiger partial charge on any atom is 0.250 e. The molecule has 1 heterocycles. The minimum absolute atomic E-state index is 0.100. The van der Waals surface area contributed by atoms with Crippen molar-refractivity contribution in [2.75, 3.05) is 25.2 Å². The Morgan fingerprint density at radius 3 is 2.31 bits per heavy atom. The zero-order valence-electron chi connectivity index (χ0n) is 27.5. The lowest BCUT2D eigenvalue weighted by molar-refractivity contribution is -0.126. The Bertz CT molecular complexity index is 1930. The summed E-state index contributed by atoms with van der Waals surface area (Å²) in [6, 6.07) is 27.3. The molecule has 4 aromatic carbocycles. The van der Waals surface area contributed by atoms with Crippen LogP contribution in [-0.2, 0) is 32.5 Å². The van der Waals surface area contributed by atoms with Crippen molar-refractivity contribution in [1.29, 1.82) is 0 Å². The lowest BCUT2D eigenvalue weighted by Crippen LogP contribution is -2.45. The molecule has 3 N–H and O–H groups in total. The number of primary amides is 1. The molecule has 0 unspecified atom stereocenters. The quantitative estimate of drug-likeness (QED) is 0.193. The highest BCUT2D eigenvalue weighted by Crippen LogP contribution is 2.48. The molecule has 4 aromatic rings. The molecule has 0 spiro atoms. The van der Waals surface area contributed by atoms with Gasteiger partial charge in [0.2, 0.25) is 17.7 Å². The molecule has 2 atom stereocenters. The van der Waals surface area contributed by atoms with E-state index in [1.54, 1.807) is 37.4 Å². The van der Waals surface area contributed by atoms with Crippen molar-refractivity contribution in [3.63, 3.8) is 0 Å². The lowest BCUT2D eigenvalue weighted by Gasteiger charge is -2.24. The standard InChI is InChI=1S/C37H39N3O8S/c1-4-47-32-21-25(13-18-31(32)46-3)19-20-39-33(41)23-37(2)36(43)40(29-12-8-11-28(22-29)34(38)42)35(49(37,44)45)27-14-16-30(17-15-27)48-24-26-9-6-5-7-10-26/h5-18,21-22,35H,4,19-20,23-24H2,1-3H3,(H2,38,42)(H,39,41)/t35-,37+/m0/s1. The highest BCUT2D eigenvalue weighted by Gasteiger charge is 2.62. The van der Waals surface area contributed by atoms with Gasteiger partial charge in [-0.15, -0.1) is 0 Å². The number of benzene rings is 4. The molecule has 1 aliphatic rings. The predicted octanol–water partition coefficient (Wildman–Crippen LogP) is 4.74. The number of nitrogens with zero attached hydrogens (tertiary/aromatic N) is 1. The van der Waals surface area contributed by atoms with Gasteiger partial charge in [-0.1, -0.05) is 54.6 Å². The second kappa shape index (κ2) is 14.8. The van der Waals surface area contributed by atoms with Crippen LogP contribution in [0.1, 0.15) is 52.7 Å². The van der Waals surface area contributed by atoms with Crippen molar-refractivity contribution in [3.05, 3.63) is 119 Å². The number of carbonyl (C=O) groups excluding carboxylic acids is 3. The summed E-state index contributed by atoms with van der Waals surface area (Å²) < 4.78 is 43.6. The van der Waals surface area contributed by atoms with Crippen molar-refractivity contribution in [2.45, 2.75) is 43.4 Å². The number of hydrogen-bond donors (Lipinski definition) is 2. The summed E-state index contributed by atoms with van der Waals surface area (Å²) in [4.78, 5) is 40.7. The highest BCUT2D eigenvalue weighted by molar-refractivity contribution is 7.94. The van der Waals surface area contributed by atoms with Crippen LogP contribution in [-0.4, -0.2) is 51.1 Å². The second-order valence-electron chi connectivity index (χ2n) is 11.8. The molecule has 0 aliphatic carbocycles. The second-order valence-corrected chi connectivity index (χ2v) is 14.2. The number of amides is 3. The summed E-state index contributed by atoms with van der Waals surface area (Å²) in [6.45, 7) is 4.09. The summed E-state index contributed by atoms with van der Waals surface area (Å²) in [7, 11) is -2.84. The highest BCUT2D eigenvalue weighted by atomic mass is 32.2.